The van der Waals surface area contributed by atoms with Gasteiger partial charge in [0.25, 0.3) is 0 Å². The zero-order chi connectivity index (χ0) is 19.1. The second-order valence-corrected chi connectivity index (χ2v) is 9.52. The zero-order valence-electron chi connectivity index (χ0n) is 16.1. The van der Waals surface area contributed by atoms with E-state index in [4.69, 9.17) is 0 Å². The summed E-state index contributed by atoms with van der Waals surface area (Å²) in [5.74, 6) is 0.828. The Morgan fingerprint density at radius 2 is 1.92 bits per heavy atom. The normalized spacial score (nSPS) is 16.3. The van der Waals surface area contributed by atoms with Gasteiger partial charge in [0.15, 0.2) is 5.96 Å². The predicted octanol–water partition coefficient (Wildman–Crippen LogP) is 0.128. The van der Waals surface area contributed by atoms with Crippen LogP contribution in [-0.4, -0.2) is 70.2 Å². The number of likely N-dealkylation sites (N-methyl/N-ethyl adjacent to an activating group) is 1. The Morgan fingerprint density at radius 1 is 1.28 bits per heavy atom. The molecule has 1 aliphatic carbocycles. The van der Waals surface area contributed by atoms with E-state index in [1.165, 1.54) is 6.42 Å². The SMILES string of the molecule is CN=C(NCCS(=O)(=O)NCC1CCC1)N(C)CC(=O)NC(C)(C)C. The number of hydrogen-bond acceptors (Lipinski definition) is 4. The fourth-order valence-electron chi connectivity index (χ4n) is 2.44. The van der Waals surface area contributed by atoms with Crippen molar-refractivity contribution in [2.24, 2.45) is 10.9 Å². The van der Waals surface area contributed by atoms with Crippen molar-refractivity contribution in [3.05, 3.63) is 0 Å². The third-order valence-electron chi connectivity index (χ3n) is 3.94. The highest BCUT2D eigenvalue weighted by atomic mass is 32.2. The second-order valence-electron chi connectivity index (χ2n) is 7.59. The van der Waals surface area contributed by atoms with Crippen LogP contribution in [0.15, 0.2) is 4.99 Å². The lowest BCUT2D eigenvalue weighted by molar-refractivity contribution is -0.122. The largest absolute Gasteiger partial charge is 0.355 e. The monoisotopic (exact) mass is 375 g/mol. The Balaban J connectivity index is 2.35. The number of hydrogen-bond donors (Lipinski definition) is 3. The van der Waals surface area contributed by atoms with Gasteiger partial charge in [-0.2, -0.15) is 0 Å². The molecule has 0 spiro atoms. The van der Waals surface area contributed by atoms with E-state index in [0.717, 1.165) is 12.8 Å². The van der Waals surface area contributed by atoms with Crippen LogP contribution in [0.4, 0.5) is 0 Å². The van der Waals surface area contributed by atoms with Gasteiger partial charge in [0, 0.05) is 32.7 Å². The molecule has 146 valence electrons. The van der Waals surface area contributed by atoms with E-state index in [2.05, 4.69) is 20.3 Å². The fourth-order valence-corrected chi connectivity index (χ4v) is 3.45. The van der Waals surface area contributed by atoms with Crippen LogP contribution in [0.3, 0.4) is 0 Å². The van der Waals surface area contributed by atoms with Crippen LogP contribution in [0.5, 0.6) is 0 Å². The van der Waals surface area contributed by atoms with E-state index in [0.29, 0.717) is 18.4 Å². The Bertz CT molecular complexity index is 565. The number of carbonyl (C=O) groups is 1. The van der Waals surface area contributed by atoms with E-state index in [-0.39, 0.29) is 30.3 Å². The third-order valence-corrected chi connectivity index (χ3v) is 5.29. The lowest BCUT2D eigenvalue weighted by Crippen LogP contribution is -2.49. The van der Waals surface area contributed by atoms with Crippen molar-refractivity contribution >= 4 is 21.9 Å². The van der Waals surface area contributed by atoms with Gasteiger partial charge in [0.05, 0.1) is 12.3 Å². The van der Waals surface area contributed by atoms with Crippen LogP contribution in [0.2, 0.25) is 0 Å². The van der Waals surface area contributed by atoms with Crippen LogP contribution in [-0.2, 0) is 14.8 Å². The molecule has 1 aliphatic rings. The molecule has 8 nitrogen and oxygen atoms in total. The average Bonchev–Trinajstić information content (AvgIpc) is 2.39. The van der Waals surface area contributed by atoms with Crippen LogP contribution in [0.1, 0.15) is 40.0 Å². The molecule has 25 heavy (non-hydrogen) atoms. The number of guanidine groups is 1. The number of sulfonamides is 1. The van der Waals surface area contributed by atoms with Crippen molar-refractivity contribution in [2.45, 2.75) is 45.6 Å². The van der Waals surface area contributed by atoms with Gasteiger partial charge < -0.3 is 15.5 Å². The Morgan fingerprint density at radius 3 is 2.40 bits per heavy atom. The minimum Gasteiger partial charge on any atom is -0.355 e. The number of rotatable bonds is 8. The topological polar surface area (TPSA) is 103 Å². The molecular formula is C16H33N5O3S. The lowest BCUT2D eigenvalue weighted by atomic mass is 9.86. The van der Waals surface area contributed by atoms with Crippen LogP contribution < -0.4 is 15.4 Å². The molecule has 0 heterocycles. The molecule has 0 aromatic heterocycles. The molecule has 0 aliphatic heterocycles. The standard InChI is InChI=1S/C16H33N5O3S/c1-16(2,3)20-14(22)12-21(5)15(17-4)18-9-10-25(23,24)19-11-13-7-6-8-13/h13,19H,6-12H2,1-5H3,(H,17,18)(H,20,22). The lowest BCUT2D eigenvalue weighted by Gasteiger charge is -2.26. The third kappa shape index (κ3) is 9.06. The molecule has 9 heteroatoms. The molecule has 1 rings (SSSR count). The van der Waals surface area contributed by atoms with Crippen molar-refractivity contribution in [3.8, 4) is 0 Å². The summed E-state index contributed by atoms with van der Waals surface area (Å²) in [6.07, 6.45) is 3.41. The highest BCUT2D eigenvalue weighted by Crippen LogP contribution is 2.25. The van der Waals surface area contributed by atoms with Crippen molar-refractivity contribution in [3.63, 3.8) is 0 Å². The van der Waals surface area contributed by atoms with Gasteiger partial charge in [-0.1, -0.05) is 6.42 Å². The highest BCUT2D eigenvalue weighted by molar-refractivity contribution is 7.89. The summed E-state index contributed by atoms with van der Waals surface area (Å²) >= 11 is 0. The maximum absolute atomic E-state index is 12.0. The molecule has 1 fully saturated rings. The smallest absolute Gasteiger partial charge is 0.240 e. The number of carbonyl (C=O) groups excluding carboxylic acids is 1. The molecule has 0 atom stereocenters. The summed E-state index contributed by atoms with van der Waals surface area (Å²) < 4.78 is 26.6. The Kier molecular flexibility index (Phi) is 8.14. The van der Waals surface area contributed by atoms with Crippen molar-refractivity contribution in [2.75, 3.05) is 39.5 Å². The first kappa shape index (κ1) is 21.7. The minimum atomic E-state index is -3.29. The molecule has 1 amide bonds. The molecule has 0 aromatic carbocycles. The quantitative estimate of drug-likeness (QED) is 0.413. The van der Waals surface area contributed by atoms with Gasteiger partial charge in [-0.15, -0.1) is 0 Å². The first-order valence-electron chi connectivity index (χ1n) is 8.72. The molecule has 3 N–H and O–H groups in total. The minimum absolute atomic E-state index is 0.0270. The van der Waals surface area contributed by atoms with Gasteiger partial charge >= 0.3 is 0 Å². The fraction of sp³-hybridized carbons (Fsp3) is 0.875. The molecule has 0 saturated heterocycles. The maximum Gasteiger partial charge on any atom is 0.240 e. The summed E-state index contributed by atoms with van der Waals surface area (Å²) in [6.45, 7) is 6.66. The summed E-state index contributed by atoms with van der Waals surface area (Å²) in [4.78, 5) is 17.7. The van der Waals surface area contributed by atoms with Gasteiger partial charge in [0.2, 0.25) is 15.9 Å². The van der Waals surface area contributed by atoms with E-state index >= 15 is 0 Å². The number of aliphatic imine (C=N–C) groups is 1. The second kappa shape index (κ2) is 9.38. The summed E-state index contributed by atoms with van der Waals surface area (Å²) in [5, 5.41) is 5.86. The van der Waals surface area contributed by atoms with Crippen LogP contribution in [0.25, 0.3) is 0 Å². The summed E-state index contributed by atoms with van der Waals surface area (Å²) in [5.41, 5.74) is -0.297. The van der Waals surface area contributed by atoms with Crippen molar-refractivity contribution in [1.29, 1.82) is 0 Å². The van der Waals surface area contributed by atoms with E-state index in [1.54, 1.807) is 19.0 Å². The molecule has 0 aromatic rings. The predicted molar refractivity (Wildman–Crippen MR) is 101 cm³/mol. The molecular weight excluding hydrogens is 342 g/mol. The van der Waals surface area contributed by atoms with E-state index < -0.39 is 10.0 Å². The first-order valence-corrected chi connectivity index (χ1v) is 10.4. The Labute approximate surface area is 151 Å². The van der Waals surface area contributed by atoms with Gasteiger partial charge in [-0.3, -0.25) is 9.79 Å². The molecule has 0 bridgehead atoms. The van der Waals surface area contributed by atoms with E-state index in [1.807, 2.05) is 20.8 Å². The van der Waals surface area contributed by atoms with Crippen molar-refractivity contribution in [1.82, 2.24) is 20.3 Å². The number of nitrogens with zero attached hydrogens (tertiary/aromatic N) is 2. The van der Waals surface area contributed by atoms with Gasteiger partial charge in [-0.25, -0.2) is 13.1 Å². The van der Waals surface area contributed by atoms with Crippen LogP contribution >= 0.6 is 0 Å². The molecule has 0 unspecified atom stereocenters. The van der Waals surface area contributed by atoms with E-state index in [9.17, 15) is 13.2 Å². The van der Waals surface area contributed by atoms with Gasteiger partial charge in [0.1, 0.15) is 0 Å². The van der Waals surface area contributed by atoms with Crippen molar-refractivity contribution < 1.29 is 13.2 Å². The molecule has 1 saturated carbocycles. The average molecular weight is 376 g/mol. The number of nitrogens with one attached hydrogen (secondary N) is 3. The summed E-state index contributed by atoms with van der Waals surface area (Å²) in [6, 6.07) is 0. The zero-order valence-corrected chi connectivity index (χ0v) is 16.9. The number of amides is 1. The summed E-state index contributed by atoms with van der Waals surface area (Å²) in [7, 11) is 0.0432. The first-order chi connectivity index (χ1) is 11.5. The Hall–Kier alpha value is -1.35. The molecule has 0 radical (unpaired) electrons. The van der Waals surface area contributed by atoms with Crippen LogP contribution in [0, 0.1) is 5.92 Å². The van der Waals surface area contributed by atoms with Gasteiger partial charge in [-0.05, 0) is 39.5 Å². The highest BCUT2D eigenvalue weighted by Gasteiger charge is 2.20. The maximum atomic E-state index is 12.0.